The standard InChI is InChI=1S/C17H24F3N9S.HI/c1-3-13-26-16(30-27-13)29-10-8-28(9-11-29)15(21-2)24-7-6-23-14-22-5-4-12(25-14)17(18,19)20;/h4-5H,3,6-11H2,1-2H3,(H,21,24)(H,22,23,25);1H. The number of rotatable bonds is 6. The summed E-state index contributed by atoms with van der Waals surface area (Å²) in [5.74, 6) is 1.55. The van der Waals surface area contributed by atoms with Crippen molar-refractivity contribution in [1.82, 2.24) is 29.5 Å². The molecule has 2 N–H and O–H groups in total. The molecule has 0 spiro atoms. The Morgan fingerprint density at radius 2 is 1.94 bits per heavy atom. The highest BCUT2D eigenvalue weighted by atomic mass is 127. The molecule has 1 aliphatic rings. The van der Waals surface area contributed by atoms with Crippen molar-refractivity contribution in [2.24, 2.45) is 4.99 Å². The number of anilines is 2. The fraction of sp³-hybridized carbons (Fsp3) is 0.588. The van der Waals surface area contributed by atoms with E-state index in [9.17, 15) is 13.2 Å². The summed E-state index contributed by atoms with van der Waals surface area (Å²) < 4.78 is 42.5. The summed E-state index contributed by atoms with van der Waals surface area (Å²) in [6, 6.07) is 0.843. The zero-order valence-electron chi connectivity index (χ0n) is 17.2. The number of nitrogens with zero attached hydrogens (tertiary/aromatic N) is 7. The Kier molecular flexibility index (Phi) is 9.46. The molecule has 0 radical (unpaired) electrons. The van der Waals surface area contributed by atoms with Crippen LogP contribution in [0, 0.1) is 0 Å². The molecule has 3 rings (SSSR count). The van der Waals surface area contributed by atoms with Gasteiger partial charge < -0.3 is 20.4 Å². The van der Waals surface area contributed by atoms with Gasteiger partial charge in [-0.05, 0) is 6.07 Å². The smallest absolute Gasteiger partial charge is 0.354 e. The number of aryl methyl sites for hydroxylation is 1. The van der Waals surface area contributed by atoms with E-state index in [0.717, 1.165) is 61.8 Å². The zero-order chi connectivity index (χ0) is 21.6. The quantitative estimate of drug-likeness (QED) is 0.236. The van der Waals surface area contributed by atoms with E-state index in [-0.39, 0.29) is 29.9 Å². The molecular formula is C17H25F3IN9S. The largest absolute Gasteiger partial charge is 0.433 e. The number of piperazine rings is 1. The summed E-state index contributed by atoms with van der Waals surface area (Å²) >= 11 is 1.42. The summed E-state index contributed by atoms with van der Waals surface area (Å²) in [6.45, 7) is 6.04. The molecule has 1 fully saturated rings. The van der Waals surface area contributed by atoms with Gasteiger partial charge in [-0.25, -0.2) is 15.0 Å². The highest BCUT2D eigenvalue weighted by Crippen LogP contribution is 2.27. The van der Waals surface area contributed by atoms with E-state index in [4.69, 9.17) is 0 Å². The summed E-state index contributed by atoms with van der Waals surface area (Å²) in [4.78, 5) is 20.5. The average molecular weight is 571 g/mol. The van der Waals surface area contributed by atoms with Crippen molar-refractivity contribution in [3.8, 4) is 0 Å². The van der Waals surface area contributed by atoms with Gasteiger partial charge in [-0.2, -0.15) is 17.5 Å². The molecule has 0 unspecified atom stereocenters. The molecule has 9 nitrogen and oxygen atoms in total. The first-order chi connectivity index (χ1) is 14.4. The maximum Gasteiger partial charge on any atom is 0.433 e. The van der Waals surface area contributed by atoms with Gasteiger partial charge in [-0.3, -0.25) is 4.99 Å². The fourth-order valence-electron chi connectivity index (χ4n) is 2.91. The molecule has 2 aromatic rings. The Labute approximate surface area is 199 Å². The van der Waals surface area contributed by atoms with Crippen LogP contribution in [0.2, 0.25) is 0 Å². The van der Waals surface area contributed by atoms with Gasteiger partial charge in [0.15, 0.2) is 5.96 Å². The molecule has 0 aliphatic carbocycles. The van der Waals surface area contributed by atoms with Gasteiger partial charge in [0.05, 0.1) is 0 Å². The number of aromatic nitrogens is 4. The van der Waals surface area contributed by atoms with Crippen LogP contribution in [0.25, 0.3) is 0 Å². The van der Waals surface area contributed by atoms with Gasteiger partial charge in [-0.15, -0.1) is 24.0 Å². The summed E-state index contributed by atoms with van der Waals surface area (Å²) in [5, 5.41) is 6.95. The molecule has 0 saturated carbocycles. The van der Waals surface area contributed by atoms with Crippen LogP contribution in [0.5, 0.6) is 0 Å². The maximum absolute atomic E-state index is 12.7. The van der Waals surface area contributed by atoms with E-state index in [0.29, 0.717) is 13.1 Å². The number of halogens is 4. The second-order valence-electron chi connectivity index (χ2n) is 6.48. The molecule has 2 aromatic heterocycles. The van der Waals surface area contributed by atoms with E-state index >= 15 is 0 Å². The summed E-state index contributed by atoms with van der Waals surface area (Å²) in [6.07, 6.45) is -2.58. The SMILES string of the molecule is CCc1nsc(N2CCN(C(=NC)NCCNc3nccc(C(F)(F)F)n3)CC2)n1.I. The van der Waals surface area contributed by atoms with Crippen molar-refractivity contribution < 1.29 is 13.2 Å². The first-order valence-electron chi connectivity index (χ1n) is 9.58. The Morgan fingerprint density at radius 1 is 1.19 bits per heavy atom. The minimum atomic E-state index is -4.49. The number of nitrogens with one attached hydrogen (secondary N) is 2. The highest BCUT2D eigenvalue weighted by molar-refractivity contribution is 14.0. The van der Waals surface area contributed by atoms with Crippen LogP contribution in [-0.4, -0.2) is 76.5 Å². The van der Waals surface area contributed by atoms with Crippen molar-refractivity contribution in [2.75, 3.05) is 56.5 Å². The van der Waals surface area contributed by atoms with Gasteiger partial charge in [-0.1, -0.05) is 6.92 Å². The monoisotopic (exact) mass is 571 g/mol. The van der Waals surface area contributed by atoms with E-state index in [1.165, 1.54) is 11.5 Å². The van der Waals surface area contributed by atoms with Crippen LogP contribution in [0.15, 0.2) is 17.3 Å². The van der Waals surface area contributed by atoms with Gasteiger partial charge >= 0.3 is 6.18 Å². The van der Waals surface area contributed by atoms with Gasteiger partial charge in [0.25, 0.3) is 0 Å². The lowest BCUT2D eigenvalue weighted by Gasteiger charge is -2.36. The number of hydrogen-bond donors (Lipinski definition) is 2. The molecule has 0 aromatic carbocycles. The first kappa shape index (κ1) is 25.3. The third-order valence-corrected chi connectivity index (χ3v) is 5.29. The molecular weight excluding hydrogens is 546 g/mol. The molecule has 1 aliphatic heterocycles. The molecule has 0 bridgehead atoms. The van der Waals surface area contributed by atoms with E-state index in [1.807, 2.05) is 6.92 Å². The van der Waals surface area contributed by atoms with Crippen LogP contribution in [-0.2, 0) is 12.6 Å². The van der Waals surface area contributed by atoms with Crippen molar-refractivity contribution in [3.63, 3.8) is 0 Å². The fourth-order valence-corrected chi connectivity index (χ4v) is 3.71. The summed E-state index contributed by atoms with van der Waals surface area (Å²) in [5.41, 5.74) is -0.969. The predicted octanol–water partition coefficient (Wildman–Crippen LogP) is 2.34. The van der Waals surface area contributed by atoms with Gasteiger partial charge in [0.2, 0.25) is 11.1 Å². The third-order valence-electron chi connectivity index (χ3n) is 4.47. The normalized spacial score (nSPS) is 14.9. The molecule has 0 amide bonds. The van der Waals surface area contributed by atoms with E-state index < -0.39 is 11.9 Å². The van der Waals surface area contributed by atoms with Crippen molar-refractivity contribution in [2.45, 2.75) is 19.5 Å². The average Bonchev–Trinajstić information content (AvgIpc) is 3.23. The van der Waals surface area contributed by atoms with Crippen LogP contribution in [0.3, 0.4) is 0 Å². The molecule has 3 heterocycles. The predicted molar refractivity (Wildman–Crippen MR) is 125 cm³/mol. The highest BCUT2D eigenvalue weighted by Gasteiger charge is 2.32. The molecule has 31 heavy (non-hydrogen) atoms. The maximum atomic E-state index is 12.7. The molecule has 14 heteroatoms. The Bertz CT molecular complexity index is 853. The van der Waals surface area contributed by atoms with Crippen LogP contribution in [0.4, 0.5) is 24.3 Å². The van der Waals surface area contributed by atoms with Crippen LogP contribution < -0.4 is 15.5 Å². The number of alkyl halides is 3. The zero-order valence-corrected chi connectivity index (χ0v) is 20.3. The minimum Gasteiger partial charge on any atom is -0.354 e. The van der Waals surface area contributed by atoms with Crippen molar-refractivity contribution in [3.05, 3.63) is 23.8 Å². The lowest BCUT2D eigenvalue weighted by atomic mass is 10.3. The second kappa shape index (κ2) is 11.6. The van der Waals surface area contributed by atoms with Crippen LogP contribution in [0.1, 0.15) is 18.4 Å². The Hall–Kier alpha value is -1.97. The minimum absolute atomic E-state index is 0. The van der Waals surface area contributed by atoms with Crippen molar-refractivity contribution in [1.29, 1.82) is 0 Å². The number of aliphatic imine (C=N–C) groups is 1. The van der Waals surface area contributed by atoms with Gasteiger partial charge in [0, 0.05) is 70.5 Å². The number of hydrogen-bond acceptors (Lipinski definition) is 8. The molecule has 172 valence electrons. The number of guanidine groups is 1. The first-order valence-corrected chi connectivity index (χ1v) is 10.3. The Morgan fingerprint density at radius 3 is 2.55 bits per heavy atom. The lowest BCUT2D eigenvalue weighted by Crippen LogP contribution is -2.53. The third kappa shape index (κ3) is 7.02. The topological polar surface area (TPSA) is 94.5 Å². The molecule has 0 atom stereocenters. The Balaban J connectivity index is 0.00000341. The van der Waals surface area contributed by atoms with Gasteiger partial charge in [0.1, 0.15) is 11.5 Å². The summed E-state index contributed by atoms with van der Waals surface area (Å²) in [7, 11) is 1.70. The van der Waals surface area contributed by atoms with E-state index in [1.54, 1.807) is 7.05 Å². The van der Waals surface area contributed by atoms with E-state index in [2.05, 4.69) is 44.8 Å². The van der Waals surface area contributed by atoms with Crippen LogP contribution >= 0.6 is 35.5 Å². The molecule has 1 saturated heterocycles. The lowest BCUT2D eigenvalue weighted by molar-refractivity contribution is -0.141. The van der Waals surface area contributed by atoms with Crippen molar-refractivity contribution >= 4 is 52.5 Å². The second-order valence-corrected chi connectivity index (χ2v) is 7.22.